The van der Waals surface area contributed by atoms with Crippen LogP contribution in [0.15, 0.2) is 42.5 Å². The van der Waals surface area contributed by atoms with Gasteiger partial charge in [0.05, 0.1) is 18.6 Å². The summed E-state index contributed by atoms with van der Waals surface area (Å²) in [6.07, 6.45) is 0.264. The number of carbonyl (C=O) groups excluding carboxylic acids is 1. The fourth-order valence-corrected chi connectivity index (χ4v) is 2.33. The predicted octanol–water partition coefficient (Wildman–Crippen LogP) is 3.09. The molecule has 0 aromatic heterocycles. The first-order valence-corrected chi connectivity index (χ1v) is 7.74. The highest BCUT2D eigenvalue weighted by atomic mass is 16.5. The van der Waals surface area contributed by atoms with E-state index in [1.807, 2.05) is 26.0 Å². The minimum atomic E-state index is -0.964. The Bertz CT molecular complexity index is 702. The maximum atomic E-state index is 11.8. The molecule has 0 bridgehead atoms. The van der Waals surface area contributed by atoms with Crippen LogP contribution in [0.4, 0.5) is 0 Å². The van der Waals surface area contributed by atoms with Gasteiger partial charge in [0, 0.05) is 6.54 Å². The van der Waals surface area contributed by atoms with E-state index in [-0.39, 0.29) is 17.9 Å². The van der Waals surface area contributed by atoms with E-state index in [1.54, 1.807) is 12.1 Å². The molecule has 0 aliphatic carbocycles. The smallest absolute Gasteiger partial charge is 0.335 e. The van der Waals surface area contributed by atoms with Gasteiger partial charge in [-0.3, -0.25) is 4.79 Å². The van der Waals surface area contributed by atoms with Crippen LogP contribution in [-0.4, -0.2) is 23.6 Å². The summed E-state index contributed by atoms with van der Waals surface area (Å²) in [5, 5.41) is 11.6. The molecule has 0 saturated carbocycles. The van der Waals surface area contributed by atoms with Crippen LogP contribution in [-0.2, 0) is 11.3 Å². The molecule has 0 heterocycles. The Labute approximate surface area is 141 Å². The van der Waals surface area contributed by atoms with Gasteiger partial charge in [-0.2, -0.15) is 0 Å². The molecule has 1 amide bonds. The van der Waals surface area contributed by atoms with Crippen molar-refractivity contribution in [3.63, 3.8) is 0 Å². The van der Waals surface area contributed by atoms with Crippen molar-refractivity contribution in [3.05, 3.63) is 64.7 Å². The zero-order valence-corrected chi connectivity index (χ0v) is 13.8. The molecule has 0 atom stereocenters. The number of nitrogens with one attached hydrogen (secondary N) is 1. The van der Waals surface area contributed by atoms with Gasteiger partial charge in [-0.05, 0) is 54.8 Å². The minimum absolute atomic E-state index is 0.110. The standard InChI is InChI=1S/C19H21NO4/c1-13-9-14(2)11-17(10-13)24-8-7-18(21)20-12-15-3-5-16(6-4-15)19(22)23/h3-6,9-11H,7-8,12H2,1-2H3,(H,20,21)(H,22,23). The molecule has 2 aromatic rings. The van der Waals surface area contributed by atoms with Crippen molar-refractivity contribution in [3.8, 4) is 5.75 Å². The summed E-state index contributed by atoms with van der Waals surface area (Å²) in [7, 11) is 0. The zero-order chi connectivity index (χ0) is 17.5. The lowest BCUT2D eigenvalue weighted by molar-refractivity contribution is -0.121. The van der Waals surface area contributed by atoms with Gasteiger partial charge >= 0.3 is 5.97 Å². The molecule has 2 aromatic carbocycles. The number of benzene rings is 2. The fourth-order valence-electron chi connectivity index (χ4n) is 2.33. The lowest BCUT2D eigenvalue weighted by Gasteiger charge is -2.09. The van der Waals surface area contributed by atoms with Crippen LogP contribution < -0.4 is 10.1 Å². The van der Waals surface area contributed by atoms with Crippen LogP contribution in [0, 0.1) is 13.8 Å². The number of carboxylic acid groups (broad SMARTS) is 1. The third kappa shape index (κ3) is 5.43. The van der Waals surface area contributed by atoms with Gasteiger partial charge in [0.1, 0.15) is 5.75 Å². The van der Waals surface area contributed by atoms with Crippen molar-refractivity contribution in [2.75, 3.05) is 6.61 Å². The highest BCUT2D eigenvalue weighted by molar-refractivity contribution is 5.87. The number of carboxylic acids is 1. The van der Waals surface area contributed by atoms with E-state index in [9.17, 15) is 9.59 Å². The number of hydrogen-bond acceptors (Lipinski definition) is 3. The summed E-state index contributed by atoms with van der Waals surface area (Å²) < 4.78 is 5.61. The Morgan fingerprint density at radius 2 is 1.67 bits per heavy atom. The Balaban J connectivity index is 1.74. The first-order chi connectivity index (χ1) is 11.4. The van der Waals surface area contributed by atoms with E-state index in [1.165, 1.54) is 12.1 Å². The summed E-state index contributed by atoms with van der Waals surface area (Å²) in [6.45, 7) is 4.68. The largest absolute Gasteiger partial charge is 0.493 e. The average molecular weight is 327 g/mol. The molecule has 5 heteroatoms. The van der Waals surface area contributed by atoms with Crippen molar-refractivity contribution in [1.82, 2.24) is 5.32 Å². The molecule has 0 unspecified atom stereocenters. The number of rotatable bonds is 7. The monoisotopic (exact) mass is 327 g/mol. The van der Waals surface area contributed by atoms with Crippen molar-refractivity contribution < 1.29 is 19.4 Å². The van der Waals surface area contributed by atoms with Crippen LogP contribution in [0.25, 0.3) is 0 Å². The first-order valence-electron chi connectivity index (χ1n) is 7.74. The zero-order valence-electron chi connectivity index (χ0n) is 13.8. The molecule has 0 radical (unpaired) electrons. The minimum Gasteiger partial charge on any atom is -0.493 e. The van der Waals surface area contributed by atoms with Crippen molar-refractivity contribution in [1.29, 1.82) is 0 Å². The topological polar surface area (TPSA) is 75.6 Å². The molecule has 5 nitrogen and oxygen atoms in total. The second-order valence-electron chi connectivity index (χ2n) is 5.70. The first kappa shape index (κ1) is 17.5. The van der Waals surface area contributed by atoms with E-state index in [0.29, 0.717) is 13.2 Å². The molecule has 126 valence electrons. The molecule has 0 aliphatic heterocycles. The van der Waals surface area contributed by atoms with Crippen molar-refractivity contribution in [2.24, 2.45) is 0 Å². The maximum Gasteiger partial charge on any atom is 0.335 e. The Kier molecular flexibility index (Phi) is 5.95. The lowest BCUT2D eigenvalue weighted by atomic mass is 10.1. The average Bonchev–Trinajstić information content (AvgIpc) is 2.52. The number of aromatic carboxylic acids is 1. The van der Waals surface area contributed by atoms with Gasteiger partial charge in [0.2, 0.25) is 5.91 Å². The SMILES string of the molecule is Cc1cc(C)cc(OCCC(=O)NCc2ccc(C(=O)O)cc2)c1. The fraction of sp³-hybridized carbons (Fsp3) is 0.263. The highest BCUT2D eigenvalue weighted by Crippen LogP contribution is 2.16. The molecule has 0 aliphatic rings. The Morgan fingerprint density at radius 1 is 1.04 bits per heavy atom. The summed E-state index contributed by atoms with van der Waals surface area (Å²) >= 11 is 0. The normalized spacial score (nSPS) is 10.2. The Hall–Kier alpha value is -2.82. The second-order valence-corrected chi connectivity index (χ2v) is 5.70. The van der Waals surface area contributed by atoms with E-state index in [4.69, 9.17) is 9.84 Å². The third-order valence-corrected chi connectivity index (χ3v) is 3.48. The second kappa shape index (κ2) is 8.15. The summed E-state index contributed by atoms with van der Waals surface area (Å²) in [5.41, 5.74) is 3.33. The van der Waals surface area contributed by atoms with Gasteiger partial charge in [0.25, 0.3) is 0 Å². The summed E-state index contributed by atoms with van der Waals surface area (Å²) in [4.78, 5) is 22.6. The summed E-state index contributed by atoms with van der Waals surface area (Å²) in [6, 6.07) is 12.4. The number of ether oxygens (including phenoxy) is 1. The number of amides is 1. The highest BCUT2D eigenvalue weighted by Gasteiger charge is 2.05. The quantitative estimate of drug-likeness (QED) is 0.819. The summed E-state index contributed by atoms with van der Waals surface area (Å²) in [5.74, 6) is -0.305. The van der Waals surface area contributed by atoms with Crippen molar-refractivity contribution >= 4 is 11.9 Å². The van der Waals surface area contributed by atoms with Crippen LogP contribution >= 0.6 is 0 Å². The van der Waals surface area contributed by atoms with E-state index < -0.39 is 5.97 Å². The predicted molar refractivity (Wildman–Crippen MR) is 91.3 cm³/mol. The van der Waals surface area contributed by atoms with Crippen LogP contribution in [0.3, 0.4) is 0 Å². The van der Waals surface area contributed by atoms with E-state index >= 15 is 0 Å². The van der Waals surface area contributed by atoms with Gasteiger partial charge in [-0.25, -0.2) is 4.79 Å². The molecule has 2 N–H and O–H groups in total. The molecule has 0 spiro atoms. The molecule has 2 rings (SSSR count). The van der Waals surface area contributed by atoms with Gasteiger partial charge in [0.15, 0.2) is 0 Å². The lowest BCUT2D eigenvalue weighted by Crippen LogP contribution is -2.24. The molecular formula is C19H21NO4. The van der Waals surface area contributed by atoms with Crippen LogP contribution in [0.1, 0.15) is 33.5 Å². The Morgan fingerprint density at radius 3 is 2.25 bits per heavy atom. The van der Waals surface area contributed by atoms with Crippen LogP contribution in [0.5, 0.6) is 5.75 Å². The number of carbonyl (C=O) groups is 2. The number of aryl methyl sites for hydroxylation is 2. The van der Waals surface area contributed by atoms with Gasteiger partial charge in [-0.15, -0.1) is 0 Å². The van der Waals surface area contributed by atoms with E-state index in [0.717, 1.165) is 22.4 Å². The third-order valence-electron chi connectivity index (χ3n) is 3.48. The number of hydrogen-bond donors (Lipinski definition) is 2. The van der Waals surface area contributed by atoms with Crippen molar-refractivity contribution in [2.45, 2.75) is 26.8 Å². The van der Waals surface area contributed by atoms with E-state index in [2.05, 4.69) is 11.4 Å². The van der Waals surface area contributed by atoms with Gasteiger partial charge in [-0.1, -0.05) is 18.2 Å². The molecule has 24 heavy (non-hydrogen) atoms. The molecular weight excluding hydrogens is 306 g/mol. The molecule has 0 fully saturated rings. The van der Waals surface area contributed by atoms with Crippen LogP contribution in [0.2, 0.25) is 0 Å². The molecule has 0 saturated heterocycles. The maximum absolute atomic E-state index is 11.8. The van der Waals surface area contributed by atoms with Gasteiger partial charge < -0.3 is 15.2 Å².